The maximum Gasteiger partial charge on any atom is 0.138 e. The van der Waals surface area contributed by atoms with E-state index in [2.05, 4.69) is 181 Å². The Kier molecular flexibility index (Phi) is 6.22. The standard InChI is InChI=1S/C47H30N2/c1-4-15-31(16-5-1)43-36-23-12-13-24-37(36)44(32-17-6-2-7-18-32)47-40-27-28-41(38-25-14-26-39(45(38)40)46(43)47)49(35-21-8-3-9-22-35)42-29-33-19-10-11-20-34(33)30-48-42/h1-30H. The Morgan fingerprint density at radius 1 is 0.388 bits per heavy atom. The van der Waals surface area contributed by atoms with Gasteiger partial charge in [-0.1, -0.05) is 152 Å². The van der Waals surface area contributed by atoms with Crippen molar-refractivity contribution in [1.29, 1.82) is 0 Å². The molecule has 49 heavy (non-hydrogen) atoms. The van der Waals surface area contributed by atoms with Crippen molar-refractivity contribution in [2.45, 2.75) is 0 Å². The van der Waals surface area contributed by atoms with E-state index in [9.17, 15) is 0 Å². The summed E-state index contributed by atoms with van der Waals surface area (Å²) < 4.78 is 0. The lowest BCUT2D eigenvalue weighted by Gasteiger charge is -2.26. The second-order valence-corrected chi connectivity index (χ2v) is 12.7. The largest absolute Gasteiger partial charge is 0.294 e. The molecule has 228 valence electrons. The van der Waals surface area contributed by atoms with Crippen LogP contribution in [0.1, 0.15) is 0 Å². The number of nitrogens with zero attached hydrogens (tertiary/aromatic N) is 2. The van der Waals surface area contributed by atoms with Crippen molar-refractivity contribution >= 4 is 49.5 Å². The Hall–Kier alpha value is -6.51. The van der Waals surface area contributed by atoms with Crippen LogP contribution in [0.2, 0.25) is 0 Å². The third-order valence-electron chi connectivity index (χ3n) is 10.00. The lowest BCUT2D eigenvalue weighted by atomic mass is 9.82. The summed E-state index contributed by atoms with van der Waals surface area (Å²) in [7, 11) is 0. The van der Waals surface area contributed by atoms with E-state index in [1.54, 1.807) is 0 Å². The molecule has 2 nitrogen and oxygen atoms in total. The number of fused-ring (bicyclic) bond motifs is 5. The zero-order chi connectivity index (χ0) is 32.3. The Bertz CT molecular complexity index is 2610. The highest BCUT2D eigenvalue weighted by molar-refractivity contribution is 6.29. The van der Waals surface area contributed by atoms with Gasteiger partial charge in [-0.05, 0) is 90.3 Å². The molecule has 0 saturated carbocycles. The summed E-state index contributed by atoms with van der Waals surface area (Å²) in [5.41, 5.74) is 12.3. The maximum atomic E-state index is 5.04. The minimum atomic E-state index is 0.891. The van der Waals surface area contributed by atoms with Gasteiger partial charge in [-0.15, -0.1) is 0 Å². The van der Waals surface area contributed by atoms with E-state index in [0.29, 0.717) is 0 Å². The minimum Gasteiger partial charge on any atom is -0.294 e. The van der Waals surface area contributed by atoms with Crippen LogP contribution in [0, 0.1) is 0 Å². The van der Waals surface area contributed by atoms with Crippen molar-refractivity contribution in [3.8, 4) is 44.5 Å². The highest BCUT2D eigenvalue weighted by Gasteiger charge is 2.32. The normalized spacial score (nSPS) is 11.7. The highest BCUT2D eigenvalue weighted by atomic mass is 15.2. The Morgan fingerprint density at radius 2 is 0.918 bits per heavy atom. The SMILES string of the molecule is c1ccc(-c2c3c(c(-c4ccccc4)c4ccccc24)-c2ccc(N(c4ccccc4)c4cc5ccccc5cn4)c4cccc-3c24)cc1. The molecular formula is C47H30N2. The maximum absolute atomic E-state index is 5.04. The molecule has 0 bridgehead atoms. The first kappa shape index (κ1) is 27.6. The van der Waals surface area contributed by atoms with E-state index < -0.39 is 0 Å². The molecule has 0 atom stereocenters. The second-order valence-electron chi connectivity index (χ2n) is 12.7. The average molecular weight is 623 g/mol. The van der Waals surface area contributed by atoms with E-state index in [1.807, 2.05) is 6.20 Å². The number of pyridine rings is 1. The number of anilines is 3. The zero-order valence-electron chi connectivity index (χ0n) is 26.7. The van der Waals surface area contributed by atoms with Crippen LogP contribution in [0.5, 0.6) is 0 Å². The molecule has 0 aliphatic heterocycles. The summed E-state index contributed by atoms with van der Waals surface area (Å²) in [5, 5.41) is 7.31. The van der Waals surface area contributed by atoms with Crippen molar-refractivity contribution in [3.63, 3.8) is 0 Å². The monoisotopic (exact) mass is 622 g/mol. The van der Waals surface area contributed by atoms with Crippen LogP contribution in [-0.2, 0) is 0 Å². The summed E-state index contributed by atoms with van der Waals surface area (Å²) in [4.78, 5) is 7.35. The summed E-state index contributed by atoms with van der Waals surface area (Å²) in [6.07, 6.45) is 1.99. The molecule has 9 aromatic rings. The fraction of sp³-hybridized carbons (Fsp3) is 0. The number of hydrogen-bond donors (Lipinski definition) is 0. The first-order valence-electron chi connectivity index (χ1n) is 16.8. The lowest BCUT2D eigenvalue weighted by Crippen LogP contribution is -2.12. The van der Waals surface area contributed by atoms with Gasteiger partial charge in [0, 0.05) is 22.7 Å². The van der Waals surface area contributed by atoms with Crippen LogP contribution in [0.4, 0.5) is 17.2 Å². The predicted molar refractivity (Wildman–Crippen MR) is 207 cm³/mol. The number of aromatic nitrogens is 1. The van der Waals surface area contributed by atoms with Crippen LogP contribution in [0.15, 0.2) is 182 Å². The van der Waals surface area contributed by atoms with Gasteiger partial charge in [0.2, 0.25) is 0 Å². The van der Waals surface area contributed by atoms with Crippen LogP contribution in [0.3, 0.4) is 0 Å². The molecule has 10 rings (SSSR count). The van der Waals surface area contributed by atoms with Crippen LogP contribution in [-0.4, -0.2) is 4.98 Å². The van der Waals surface area contributed by atoms with Crippen molar-refractivity contribution in [2.75, 3.05) is 4.90 Å². The fourth-order valence-electron chi connectivity index (χ4n) is 7.96. The summed E-state index contributed by atoms with van der Waals surface area (Å²) in [5.74, 6) is 0.891. The van der Waals surface area contributed by atoms with Crippen LogP contribution < -0.4 is 4.90 Å². The first-order chi connectivity index (χ1) is 24.3. The molecule has 1 aliphatic carbocycles. The molecule has 0 radical (unpaired) electrons. The quantitative estimate of drug-likeness (QED) is 0.190. The molecule has 8 aromatic carbocycles. The topological polar surface area (TPSA) is 16.1 Å². The third-order valence-corrected chi connectivity index (χ3v) is 10.00. The van der Waals surface area contributed by atoms with E-state index >= 15 is 0 Å². The third kappa shape index (κ3) is 4.24. The Morgan fingerprint density at radius 3 is 1.57 bits per heavy atom. The number of rotatable bonds is 5. The molecular weight excluding hydrogens is 593 g/mol. The summed E-state index contributed by atoms with van der Waals surface area (Å²) >= 11 is 0. The minimum absolute atomic E-state index is 0.891. The van der Waals surface area contributed by atoms with E-state index in [1.165, 1.54) is 71.4 Å². The molecule has 2 heteroatoms. The van der Waals surface area contributed by atoms with Crippen molar-refractivity contribution in [2.24, 2.45) is 0 Å². The lowest BCUT2D eigenvalue weighted by molar-refractivity contribution is 1.20. The van der Waals surface area contributed by atoms with Gasteiger partial charge in [-0.2, -0.15) is 0 Å². The van der Waals surface area contributed by atoms with Gasteiger partial charge in [0.15, 0.2) is 0 Å². The molecule has 1 aromatic heterocycles. The molecule has 0 spiro atoms. The van der Waals surface area contributed by atoms with Crippen LogP contribution in [0.25, 0.3) is 76.8 Å². The molecule has 0 amide bonds. The van der Waals surface area contributed by atoms with Gasteiger partial charge >= 0.3 is 0 Å². The van der Waals surface area contributed by atoms with Crippen molar-refractivity contribution in [1.82, 2.24) is 4.98 Å². The van der Waals surface area contributed by atoms with Crippen molar-refractivity contribution < 1.29 is 0 Å². The smallest absolute Gasteiger partial charge is 0.138 e. The van der Waals surface area contributed by atoms with Crippen molar-refractivity contribution in [3.05, 3.63) is 182 Å². The average Bonchev–Trinajstić information content (AvgIpc) is 3.50. The van der Waals surface area contributed by atoms with E-state index in [0.717, 1.165) is 22.6 Å². The molecule has 1 aliphatic rings. The molecule has 0 fully saturated rings. The predicted octanol–water partition coefficient (Wildman–Crippen LogP) is 13.0. The number of hydrogen-bond acceptors (Lipinski definition) is 2. The number of benzene rings is 8. The molecule has 1 heterocycles. The number of para-hydroxylation sites is 1. The second kappa shape index (κ2) is 11.0. The molecule has 0 N–H and O–H groups in total. The highest BCUT2D eigenvalue weighted by Crippen LogP contribution is 2.59. The van der Waals surface area contributed by atoms with Gasteiger partial charge in [0.05, 0.1) is 5.69 Å². The van der Waals surface area contributed by atoms with Gasteiger partial charge < -0.3 is 0 Å². The Labute approximate surface area is 285 Å². The van der Waals surface area contributed by atoms with Gasteiger partial charge in [-0.25, -0.2) is 4.98 Å². The van der Waals surface area contributed by atoms with E-state index in [-0.39, 0.29) is 0 Å². The van der Waals surface area contributed by atoms with Gasteiger partial charge in [0.25, 0.3) is 0 Å². The summed E-state index contributed by atoms with van der Waals surface area (Å²) in [6.45, 7) is 0. The summed E-state index contributed by atoms with van der Waals surface area (Å²) in [6, 6.07) is 63.5. The first-order valence-corrected chi connectivity index (χ1v) is 16.8. The zero-order valence-corrected chi connectivity index (χ0v) is 26.7. The van der Waals surface area contributed by atoms with Crippen LogP contribution >= 0.6 is 0 Å². The molecule has 0 saturated heterocycles. The fourth-order valence-corrected chi connectivity index (χ4v) is 7.96. The molecule has 0 unspecified atom stereocenters. The Balaban J connectivity index is 1.32. The van der Waals surface area contributed by atoms with Gasteiger partial charge in [0.1, 0.15) is 5.82 Å². The van der Waals surface area contributed by atoms with Gasteiger partial charge in [-0.3, -0.25) is 4.90 Å². The van der Waals surface area contributed by atoms with E-state index in [4.69, 9.17) is 4.98 Å².